The fourth-order valence-corrected chi connectivity index (χ4v) is 3.72. The maximum absolute atomic E-state index is 11.9. The quantitative estimate of drug-likeness (QED) is 0.338. The van der Waals surface area contributed by atoms with Crippen molar-refractivity contribution >= 4 is 58.3 Å². The lowest BCUT2D eigenvalue weighted by Gasteiger charge is -2.14. The normalized spacial score (nSPS) is 10.9. The number of hydrogen-bond acceptors (Lipinski definition) is 5. The lowest BCUT2D eigenvalue weighted by atomic mass is 10.2. The van der Waals surface area contributed by atoms with Gasteiger partial charge in [-0.05, 0) is 41.3 Å². The van der Waals surface area contributed by atoms with Gasteiger partial charge in [-0.1, -0.05) is 46.9 Å². The number of nitrogens with zero attached hydrogens (tertiary/aromatic N) is 1. The average Bonchev–Trinajstić information content (AvgIpc) is 3.23. The second-order valence-corrected chi connectivity index (χ2v) is 7.93. The van der Waals surface area contributed by atoms with E-state index < -0.39 is 0 Å². The molecule has 3 rings (SSSR count). The highest BCUT2D eigenvalue weighted by atomic mass is 35.5. The number of halogens is 3. The number of hydrogen-bond donors (Lipinski definition) is 1. The molecule has 2 aromatic carbocycles. The molecule has 1 amide bonds. The summed E-state index contributed by atoms with van der Waals surface area (Å²) in [6, 6.07) is 12.0. The number of thiophene rings is 1. The van der Waals surface area contributed by atoms with Crippen LogP contribution in [0.3, 0.4) is 0 Å². The van der Waals surface area contributed by atoms with Gasteiger partial charge in [0.15, 0.2) is 11.5 Å². The molecular formula is C20H15Cl3N2O3S. The molecule has 9 heteroatoms. The fraction of sp³-hybridized carbons (Fsp3) is 0.100. The highest BCUT2D eigenvalue weighted by Crippen LogP contribution is 2.37. The number of rotatable bonds is 7. The van der Waals surface area contributed by atoms with Gasteiger partial charge >= 0.3 is 0 Å². The van der Waals surface area contributed by atoms with Gasteiger partial charge < -0.3 is 9.47 Å². The number of carbonyl (C=O) groups excluding carboxylic acids is 1. The van der Waals surface area contributed by atoms with E-state index in [1.165, 1.54) is 24.7 Å². The fourth-order valence-electron chi connectivity index (χ4n) is 2.37. The summed E-state index contributed by atoms with van der Waals surface area (Å²) in [5.41, 5.74) is 3.86. The van der Waals surface area contributed by atoms with Gasteiger partial charge in [-0.2, -0.15) is 5.10 Å². The Balaban J connectivity index is 1.71. The highest BCUT2D eigenvalue weighted by Gasteiger charge is 2.13. The first-order chi connectivity index (χ1) is 14.0. The summed E-state index contributed by atoms with van der Waals surface area (Å²) in [6.45, 7) is 0.191. The summed E-state index contributed by atoms with van der Waals surface area (Å²) in [6.07, 6.45) is 1.47. The molecule has 0 saturated carbocycles. The minimum atomic E-state index is -0.283. The largest absolute Gasteiger partial charge is 0.493 e. The molecule has 1 aromatic heterocycles. The van der Waals surface area contributed by atoms with Crippen LogP contribution < -0.4 is 14.9 Å². The third kappa shape index (κ3) is 5.64. The molecule has 0 aliphatic carbocycles. The number of carbonyl (C=O) groups is 1. The minimum Gasteiger partial charge on any atom is -0.493 e. The molecular weight excluding hydrogens is 455 g/mol. The van der Waals surface area contributed by atoms with Crippen LogP contribution in [0.15, 0.2) is 52.9 Å². The summed E-state index contributed by atoms with van der Waals surface area (Å²) in [4.78, 5) is 12.5. The Kier molecular flexibility index (Phi) is 7.39. The van der Waals surface area contributed by atoms with Gasteiger partial charge in [-0.3, -0.25) is 4.79 Å². The maximum atomic E-state index is 11.9. The van der Waals surface area contributed by atoms with Crippen molar-refractivity contribution in [3.05, 3.63) is 78.9 Å². The molecule has 3 aromatic rings. The molecule has 0 atom stereocenters. The topological polar surface area (TPSA) is 59.9 Å². The number of hydrazone groups is 1. The number of benzene rings is 2. The van der Waals surface area contributed by atoms with Crippen molar-refractivity contribution in [1.29, 1.82) is 0 Å². The van der Waals surface area contributed by atoms with Crippen molar-refractivity contribution < 1.29 is 14.3 Å². The van der Waals surface area contributed by atoms with Crippen molar-refractivity contribution in [2.45, 2.75) is 6.61 Å². The van der Waals surface area contributed by atoms with Crippen LogP contribution in [-0.4, -0.2) is 19.2 Å². The summed E-state index contributed by atoms with van der Waals surface area (Å²) in [5, 5.41) is 7.15. The Bertz CT molecular complexity index is 1040. The second kappa shape index (κ2) is 9.98. The Hall–Kier alpha value is -2.25. The van der Waals surface area contributed by atoms with Crippen LogP contribution in [-0.2, 0) is 6.61 Å². The van der Waals surface area contributed by atoms with Crippen molar-refractivity contribution in [3.63, 3.8) is 0 Å². The lowest BCUT2D eigenvalue weighted by molar-refractivity contribution is 0.0959. The van der Waals surface area contributed by atoms with Crippen LogP contribution in [0.2, 0.25) is 15.1 Å². The monoisotopic (exact) mass is 468 g/mol. The summed E-state index contributed by atoms with van der Waals surface area (Å²) < 4.78 is 11.2. The van der Waals surface area contributed by atoms with Crippen LogP contribution in [0.4, 0.5) is 0 Å². The van der Waals surface area contributed by atoms with Crippen molar-refractivity contribution in [1.82, 2.24) is 5.43 Å². The molecule has 0 unspecified atom stereocenters. The van der Waals surface area contributed by atoms with E-state index in [1.54, 1.807) is 42.5 Å². The van der Waals surface area contributed by atoms with Crippen LogP contribution in [0.25, 0.3) is 0 Å². The van der Waals surface area contributed by atoms with Crippen molar-refractivity contribution in [2.24, 2.45) is 5.10 Å². The van der Waals surface area contributed by atoms with Gasteiger partial charge in [-0.15, -0.1) is 11.3 Å². The van der Waals surface area contributed by atoms with Crippen LogP contribution in [0.1, 0.15) is 20.8 Å². The van der Waals surface area contributed by atoms with Gasteiger partial charge in [0.2, 0.25) is 0 Å². The molecule has 0 radical (unpaired) electrons. The Morgan fingerprint density at radius 2 is 2.00 bits per heavy atom. The number of ether oxygens (including phenoxy) is 2. The van der Waals surface area contributed by atoms with Crippen LogP contribution >= 0.6 is 46.1 Å². The molecule has 0 aliphatic rings. The van der Waals surface area contributed by atoms with Gasteiger partial charge in [0.25, 0.3) is 5.91 Å². The predicted octanol–water partition coefficient (Wildman–Crippen LogP) is 6.06. The number of amides is 1. The first kappa shape index (κ1) is 21.5. The second-order valence-electron chi connectivity index (χ2n) is 5.73. The first-order valence-corrected chi connectivity index (χ1v) is 10.3. The molecule has 1 heterocycles. The molecule has 0 fully saturated rings. The van der Waals surface area contributed by atoms with Crippen LogP contribution in [0, 0.1) is 0 Å². The number of nitrogens with one attached hydrogen (secondary N) is 1. The molecule has 0 spiro atoms. The van der Waals surface area contributed by atoms with E-state index in [1.807, 2.05) is 5.38 Å². The zero-order valence-corrected chi connectivity index (χ0v) is 18.2. The van der Waals surface area contributed by atoms with Gasteiger partial charge in [0.05, 0.1) is 23.2 Å². The third-order valence-electron chi connectivity index (χ3n) is 3.76. The molecule has 0 saturated heterocycles. The highest BCUT2D eigenvalue weighted by molar-refractivity contribution is 7.12. The smallest absolute Gasteiger partial charge is 0.281 e. The van der Waals surface area contributed by atoms with Crippen molar-refractivity contribution in [2.75, 3.05) is 7.11 Å². The van der Waals surface area contributed by atoms with Crippen molar-refractivity contribution in [3.8, 4) is 11.5 Å². The number of methoxy groups -OCH3 is 1. The van der Waals surface area contributed by atoms with E-state index in [9.17, 15) is 4.79 Å². The SMILES string of the molecule is COc1cc(/C=N\NC(=O)c2cccs2)cc(Cl)c1OCc1ccc(Cl)cc1Cl. The molecule has 29 heavy (non-hydrogen) atoms. The summed E-state index contributed by atoms with van der Waals surface area (Å²) in [5.74, 6) is 0.516. The average molecular weight is 470 g/mol. The van der Waals surface area contributed by atoms with E-state index in [0.29, 0.717) is 37.0 Å². The summed E-state index contributed by atoms with van der Waals surface area (Å²) >= 11 is 19.8. The van der Waals surface area contributed by atoms with E-state index in [0.717, 1.165) is 5.56 Å². The van der Waals surface area contributed by atoms with Crippen LogP contribution in [0.5, 0.6) is 11.5 Å². The molecule has 150 valence electrons. The van der Waals surface area contributed by atoms with Gasteiger partial charge in [0.1, 0.15) is 6.61 Å². The third-order valence-corrected chi connectivity index (χ3v) is 5.50. The standard InChI is InChI=1S/C20H15Cl3N2O3S/c1-27-17-8-12(10-24-25-20(26)18-3-2-6-29-18)7-16(23)19(17)28-11-13-4-5-14(21)9-15(13)22/h2-10H,11H2,1H3,(H,25,26)/b24-10-. The van der Waals surface area contributed by atoms with Gasteiger partial charge in [0, 0.05) is 15.6 Å². The predicted molar refractivity (Wildman–Crippen MR) is 118 cm³/mol. The molecule has 0 bridgehead atoms. The summed E-state index contributed by atoms with van der Waals surface area (Å²) in [7, 11) is 1.51. The zero-order chi connectivity index (χ0) is 20.8. The Morgan fingerprint density at radius 3 is 2.69 bits per heavy atom. The lowest BCUT2D eigenvalue weighted by Crippen LogP contribution is -2.16. The minimum absolute atomic E-state index is 0.191. The first-order valence-electron chi connectivity index (χ1n) is 8.29. The van der Waals surface area contributed by atoms with E-state index in [4.69, 9.17) is 44.3 Å². The van der Waals surface area contributed by atoms with E-state index in [2.05, 4.69) is 10.5 Å². The van der Waals surface area contributed by atoms with E-state index >= 15 is 0 Å². The molecule has 5 nitrogen and oxygen atoms in total. The Labute approximate surface area is 186 Å². The molecule has 1 N–H and O–H groups in total. The molecule has 0 aliphatic heterocycles. The zero-order valence-electron chi connectivity index (χ0n) is 15.1. The van der Waals surface area contributed by atoms with E-state index in [-0.39, 0.29) is 12.5 Å². The van der Waals surface area contributed by atoms with Gasteiger partial charge in [-0.25, -0.2) is 5.43 Å². The Morgan fingerprint density at radius 1 is 1.17 bits per heavy atom. The maximum Gasteiger partial charge on any atom is 0.281 e.